The molecule has 2 fully saturated rings. The van der Waals surface area contributed by atoms with Crippen molar-refractivity contribution >= 4 is 33.7 Å². The second-order valence-electron chi connectivity index (χ2n) is 7.36. The predicted molar refractivity (Wildman–Crippen MR) is 115 cm³/mol. The molecule has 2 aromatic rings. The molecule has 30 heavy (non-hydrogen) atoms. The summed E-state index contributed by atoms with van der Waals surface area (Å²) in [6.07, 6.45) is 2.59. The number of hydrogen-bond donors (Lipinski definition) is 0. The van der Waals surface area contributed by atoms with Gasteiger partial charge in [0.1, 0.15) is 6.54 Å². The van der Waals surface area contributed by atoms with Gasteiger partial charge in [0, 0.05) is 24.5 Å². The van der Waals surface area contributed by atoms with Crippen molar-refractivity contribution in [1.82, 2.24) is 9.21 Å². The monoisotopic (exact) mass is 425 g/mol. The van der Waals surface area contributed by atoms with Gasteiger partial charge in [-0.05, 0) is 36.6 Å². The van der Waals surface area contributed by atoms with Crippen LogP contribution in [0, 0.1) is 0 Å². The van der Waals surface area contributed by atoms with Crippen molar-refractivity contribution in [3.05, 3.63) is 71.6 Å². The number of anilines is 1. The smallest absolute Gasteiger partial charge is 0.312 e. The normalized spacial score (nSPS) is 19.2. The second kappa shape index (κ2) is 8.41. The first-order valence-electron chi connectivity index (χ1n) is 9.87. The maximum absolute atomic E-state index is 12.8. The lowest BCUT2D eigenvalue weighted by molar-refractivity contribution is -0.116. The molecule has 0 bridgehead atoms. The molecule has 0 aliphatic carbocycles. The first-order valence-corrected chi connectivity index (χ1v) is 11.4. The first kappa shape index (κ1) is 20.3. The fraction of sp³-hybridized carbons (Fsp3) is 0.273. The molecule has 0 atom stereocenters. The molecule has 0 spiro atoms. The number of benzene rings is 2. The number of urea groups is 1. The molecule has 3 amide bonds. The van der Waals surface area contributed by atoms with Gasteiger partial charge < -0.3 is 4.90 Å². The Bertz CT molecular complexity index is 1050. The summed E-state index contributed by atoms with van der Waals surface area (Å²) in [5, 5.41) is 1.23. The molecule has 2 heterocycles. The molecule has 0 radical (unpaired) electrons. The molecule has 8 heteroatoms. The minimum Gasteiger partial charge on any atom is -0.312 e. The molecular formula is C22H23N3O4S. The van der Waals surface area contributed by atoms with Gasteiger partial charge in [0.25, 0.3) is 5.91 Å². The van der Waals surface area contributed by atoms with Gasteiger partial charge in [-0.25, -0.2) is 18.1 Å². The molecule has 156 valence electrons. The van der Waals surface area contributed by atoms with Crippen LogP contribution in [0.2, 0.25) is 0 Å². The van der Waals surface area contributed by atoms with E-state index in [1.54, 1.807) is 35.2 Å². The molecule has 4 rings (SSSR count). The van der Waals surface area contributed by atoms with E-state index in [9.17, 15) is 18.0 Å². The van der Waals surface area contributed by atoms with Crippen LogP contribution in [0.1, 0.15) is 18.4 Å². The van der Waals surface area contributed by atoms with Crippen molar-refractivity contribution in [3.8, 4) is 0 Å². The number of para-hydroxylation sites is 1. The number of piperidine rings is 1. The molecule has 0 saturated carbocycles. The molecular weight excluding hydrogens is 402 g/mol. The fourth-order valence-corrected chi connectivity index (χ4v) is 5.08. The Morgan fingerprint density at radius 2 is 1.47 bits per heavy atom. The van der Waals surface area contributed by atoms with Crippen LogP contribution in [0.3, 0.4) is 0 Å². The number of amides is 3. The highest BCUT2D eigenvalue weighted by Gasteiger charge is 2.42. The number of hydrogen-bond acceptors (Lipinski definition) is 4. The van der Waals surface area contributed by atoms with Crippen LogP contribution < -0.4 is 4.90 Å². The van der Waals surface area contributed by atoms with Crippen molar-refractivity contribution in [2.45, 2.75) is 18.9 Å². The SMILES string of the molecule is O=C1CN(C2CCN(S(=O)(=O)/C=C/c3ccccc3)CC2)C(=O)N1c1ccccc1. The second-order valence-corrected chi connectivity index (χ2v) is 9.18. The lowest BCUT2D eigenvalue weighted by atomic mass is 10.1. The molecule has 0 N–H and O–H groups in total. The minimum absolute atomic E-state index is 0.0268. The molecule has 0 unspecified atom stereocenters. The molecule has 7 nitrogen and oxygen atoms in total. The molecule has 2 saturated heterocycles. The molecule has 2 aromatic carbocycles. The summed E-state index contributed by atoms with van der Waals surface area (Å²) in [4.78, 5) is 28.0. The zero-order valence-corrected chi connectivity index (χ0v) is 17.2. The van der Waals surface area contributed by atoms with Gasteiger partial charge in [0.05, 0.1) is 5.69 Å². The highest BCUT2D eigenvalue weighted by molar-refractivity contribution is 7.92. The Morgan fingerprint density at radius 3 is 2.10 bits per heavy atom. The van der Waals surface area contributed by atoms with E-state index in [0.717, 1.165) is 5.56 Å². The van der Waals surface area contributed by atoms with Gasteiger partial charge in [-0.1, -0.05) is 48.5 Å². The number of carbonyl (C=O) groups is 2. The Morgan fingerprint density at radius 1 is 0.867 bits per heavy atom. The van der Waals surface area contributed by atoms with Crippen LogP contribution >= 0.6 is 0 Å². The zero-order valence-electron chi connectivity index (χ0n) is 16.4. The van der Waals surface area contributed by atoms with Gasteiger partial charge in [0.2, 0.25) is 10.0 Å². The maximum Gasteiger partial charge on any atom is 0.332 e. The summed E-state index contributed by atoms with van der Waals surface area (Å²) in [7, 11) is -3.53. The van der Waals surface area contributed by atoms with Crippen LogP contribution in [-0.4, -0.2) is 55.2 Å². The number of rotatable bonds is 5. The van der Waals surface area contributed by atoms with E-state index in [-0.39, 0.29) is 24.5 Å². The summed E-state index contributed by atoms with van der Waals surface area (Å²) in [6.45, 7) is 0.657. The van der Waals surface area contributed by atoms with Gasteiger partial charge >= 0.3 is 6.03 Å². The minimum atomic E-state index is -3.53. The largest absolute Gasteiger partial charge is 0.332 e. The Kier molecular flexibility index (Phi) is 5.69. The fourth-order valence-electron chi connectivity index (χ4n) is 3.86. The van der Waals surface area contributed by atoms with Crippen LogP contribution in [0.25, 0.3) is 6.08 Å². The van der Waals surface area contributed by atoms with Gasteiger partial charge in [0.15, 0.2) is 0 Å². The lowest BCUT2D eigenvalue weighted by Gasteiger charge is -2.34. The maximum atomic E-state index is 12.8. The summed E-state index contributed by atoms with van der Waals surface area (Å²) < 4.78 is 26.7. The zero-order chi connectivity index (χ0) is 21.1. The third-order valence-corrected chi connectivity index (χ3v) is 7.03. The summed E-state index contributed by atoms with van der Waals surface area (Å²) in [6, 6.07) is 17.6. The van der Waals surface area contributed by atoms with E-state index in [1.807, 2.05) is 36.4 Å². The topological polar surface area (TPSA) is 78.0 Å². The van der Waals surface area contributed by atoms with Gasteiger partial charge in [-0.15, -0.1) is 0 Å². The van der Waals surface area contributed by atoms with E-state index in [4.69, 9.17) is 0 Å². The number of sulfonamides is 1. The predicted octanol–water partition coefficient (Wildman–Crippen LogP) is 2.92. The van der Waals surface area contributed by atoms with Crippen LogP contribution in [0.15, 0.2) is 66.1 Å². The van der Waals surface area contributed by atoms with Crippen LogP contribution in [0.5, 0.6) is 0 Å². The molecule has 0 aromatic heterocycles. The molecule has 2 aliphatic rings. The van der Waals surface area contributed by atoms with E-state index < -0.39 is 10.0 Å². The quantitative estimate of drug-likeness (QED) is 0.690. The van der Waals surface area contributed by atoms with Crippen molar-refractivity contribution in [1.29, 1.82) is 0 Å². The third kappa shape index (κ3) is 4.15. The average molecular weight is 426 g/mol. The van der Waals surface area contributed by atoms with Crippen molar-refractivity contribution < 1.29 is 18.0 Å². The summed E-state index contributed by atoms with van der Waals surface area (Å²) >= 11 is 0. The van der Waals surface area contributed by atoms with Gasteiger partial charge in [-0.2, -0.15) is 4.31 Å². The highest BCUT2D eigenvalue weighted by atomic mass is 32.2. The summed E-state index contributed by atoms with van der Waals surface area (Å²) in [5.74, 6) is -0.257. The van der Waals surface area contributed by atoms with Gasteiger partial charge in [-0.3, -0.25) is 4.79 Å². The number of imide groups is 1. The average Bonchev–Trinajstić information content (AvgIpc) is 3.07. The van der Waals surface area contributed by atoms with Crippen molar-refractivity contribution in [2.24, 2.45) is 0 Å². The van der Waals surface area contributed by atoms with E-state index in [1.165, 1.54) is 14.6 Å². The van der Waals surface area contributed by atoms with Crippen molar-refractivity contribution in [3.63, 3.8) is 0 Å². The van der Waals surface area contributed by atoms with E-state index in [2.05, 4.69) is 0 Å². The number of carbonyl (C=O) groups excluding carboxylic acids is 2. The van der Waals surface area contributed by atoms with E-state index >= 15 is 0 Å². The van der Waals surface area contributed by atoms with Crippen LogP contribution in [0.4, 0.5) is 10.5 Å². The first-order chi connectivity index (χ1) is 14.5. The highest BCUT2D eigenvalue weighted by Crippen LogP contribution is 2.27. The van der Waals surface area contributed by atoms with E-state index in [0.29, 0.717) is 31.6 Å². The third-order valence-electron chi connectivity index (χ3n) is 5.46. The standard InChI is InChI=1S/C22H23N3O4S/c26-21-17-24(22(27)25(21)20-9-5-2-6-10-20)19-11-14-23(15-12-19)30(28,29)16-13-18-7-3-1-4-8-18/h1-10,13,16,19H,11-12,14-15,17H2/b16-13+. The van der Waals surface area contributed by atoms with Crippen LogP contribution in [-0.2, 0) is 14.8 Å². The Hall–Kier alpha value is -2.97. The van der Waals surface area contributed by atoms with Crippen molar-refractivity contribution in [2.75, 3.05) is 24.5 Å². The number of nitrogens with zero attached hydrogens (tertiary/aromatic N) is 3. The Balaban J connectivity index is 1.39. The molecule has 2 aliphatic heterocycles. The lowest BCUT2D eigenvalue weighted by Crippen LogP contribution is -2.47. The summed E-state index contributed by atoms with van der Waals surface area (Å²) in [5.41, 5.74) is 1.37. The Labute approximate surface area is 176 Å².